The Balaban J connectivity index is 1.47. The number of nitrogen functional groups attached to an aromatic ring is 1. The quantitative estimate of drug-likeness (QED) is 0.432. The number of benzene rings is 1. The number of fused-ring (bicyclic) bond motifs is 1. The van der Waals surface area contributed by atoms with Crippen molar-refractivity contribution in [2.75, 3.05) is 11.1 Å². The van der Waals surface area contributed by atoms with E-state index >= 15 is 4.39 Å². The van der Waals surface area contributed by atoms with Crippen molar-refractivity contribution in [3.63, 3.8) is 0 Å². The number of hydrogen-bond donors (Lipinski definition) is 4. The van der Waals surface area contributed by atoms with Gasteiger partial charge in [-0.15, -0.1) is 0 Å². The first-order valence-corrected chi connectivity index (χ1v) is 8.72. The van der Waals surface area contributed by atoms with Crippen LogP contribution in [0.4, 0.5) is 22.0 Å². The summed E-state index contributed by atoms with van der Waals surface area (Å²) in [6, 6.07) is 7.55. The molecule has 0 radical (unpaired) electrons. The molecule has 0 spiro atoms. The molecule has 0 unspecified atom stereocenters. The zero-order valence-electron chi connectivity index (χ0n) is 14.3. The first-order chi connectivity index (χ1) is 13.2. The number of para-hydroxylation sites is 1. The highest BCUT2D eigenvalue weighted by Gasteiger charge is 2.26. The van der Waals surface area contributed by atoms with Gasteiger partial charge < -0.3 is 16.0 Å². The lowest BCUT2D eigenvalue weighted by Crippen LogP contribution is -2.08. The van der Waals surface area contributed by atoms with E-state index in [9.17, 15) is 0 Å². The van der Waals surface area contributed by atoms with Gasteiger partial charge in [0.15, 0.2) is 11.6 Å². The van der Waals surface area contributed by atoms with Crippen LogP contribution in [0.15, 0.2) is 30.6 Å². The number of nitrogens with two attached hydrogens (primary N) is 1. The third-order valence-electron chi connectivity index (χ3n) is 4.68. The Morgan fingerprint density at radius 3 is 3.00 bits per heavy atom. The lowest BCUT2D eigenvalue weighted by Gasteiger charge is -2.10. The van der Waals surface area contributed by atoms with Crippen LogP contribution in [-0.2, 0) is 6.42 Å². The van der Waals surface area contributed by atoms with Gasteiger partial charge in [-0.05, 0) is 24.5 Å². The molecule has 5 N–H and O–H groups in total. The molecule has 8 nitrogen and oxygen atoms in total. The molecule has 0 aliphatic heterocycles. The number of aromatic amines is 2. The number of H-pyrrole nitrogens is 2. The molecule has 3 aromatic heterocycles. The molecule has 3 heterocycles. The van der Waals surface area contributed by atoms with Gasteiger partial charge in [0.05, 0.1) is 28.7 Å². The molecule has 0 atom stereocenters. The van der Waals surface area contributed by atoms with E-state index in [1.165, 1.54) is 0 Å². The van der Waals surface area contributed by atoms with E-state index in [2.05, 4.69) is 35.5 Å². The molecule has 0 amide bonds. The standard InChI is InChI=1S/C18H17FN8/c19-15-13(6-10-2-1-3-11-16(10)22-8-21-11)23-18(20)25-17(15)24-14-7-12(26-27-14)9-4-5-9/h1-3,7-9H,4-6H2,(H,21,22)(H4,20,23,24,25,26,27). The monoisotopic (exact) mass is 364 g/mol. The Morgan fingerprint density at radius 1 is 1.26 bits per heavy atom. The van der Waals surface area contributed by atoms with Gasteiger partial charge in [-0.25, -0.2) is 14.4 Å². The number of aromatic nitrogens is 6. The molecular formula is C18H17FN8. The molecule has 1 aliphatic rings. The zero-order chi connectivity index (χ0) is 18.4. The first-order valence-electron chi connectivity index (χ1n) is 8.72. The molecule has 1 aromatic carbocycles. The fourth-order valence-electron chi connectivity index (χ4n) is 3.18. The van der Waals surface area contributed by atoms with Gasteiger partial charge in [0, 0.05) is 18.4 Å². The van der Waals surface area contributed by atoms with Crippen LogP contribution in [0.5, 0.6) is 0 Å². The van der Waals surface area contributed by atoms with E-state index in [4.69, 9.17) is 5.73 Å². The summed E-state index contributed by atoms with van der Waals surface area (Å²) < 4.78 is 15.0. The van der Waals surface area contributed by atoms with E-state index in [0.29, 0.717) is 11.7 Å². The third kappa shape index (κ3) is 2.97. The summed E-state index contributed by atoms with van der Waals surface area (Å²) in [6.45, 7) is 0. The Hall–Kier alpha value is -3.49. The number of imidazole rings is 1. The minimum Gasteiger partial charge on any atom is -0.368 e. The second-order valence-corrected chi connectivity index (χ2v) is 6.69. The normalized spacial score (nSPS) is 14.0. The average Bonchev–Trinajstić information content (AvgIpc) is 3.20. The molecule has 4 aromatic rings. The maximum absolute atomic E-state index is 15.0. The molecular weight excluding hydrogens is 347 g/mol. The van der Waals surface area contributed by atoms with E-state index in [-0.39, 0.29) is 23.9 Å². The Kier molecular flexibility index (Phi) is 3.52. The topological polar surface area (TPSA) is 121 Å². The number of hydrogen-bond acceptors (Lipinski definition) is 6. The van der Waals surface area contributed by atoms with Crippen LogP contribution >= 0.6 is 0 Å². The van der Waals surface area contributed by atoms with Crippen molar-refractivity contribution in [2.45, 2.75) is 25.2 Å². The Labute approximate surface area is 153 Å². The van der Waals surface area contributed by atoms with Crippen molar-refractivity contribution in [1.82, 2.24) is 30.1 Å². The fourth-order valence-corrected chi connectivity index (χ4v) is 3.18. The molecule has 0 saturated heterocycles. The van der Waals surface area contributed by atoms with Crippen molar-refractivity contribution in [1.29, 1.82) is 0 Å². The highest BCUT2D eigenvalue weighted by Crippen LogP contribution is 2.39. The van der Waals surface area contributed by atoms with Gasteiger partial charge in [-0.3, -0.25) is 5.10 Å². The van der Waals surface area contributed by atoms with Gasteiger partial charge in [0.2, 0.25) is 5.95 Å². The summed E-state index contributed by atoms with van der Waals surface area (Å²) in [4.78, 5) is 15.4. The van der Waals surface area contributed by atoms with Gasteiger partial charge in [-0.1, -0.05) is 12.1 Å². The van der Waals surface area contributed by atoms with Gasteiger partial charge in [0.1, 0.15) is 5.82 Å². The number of rotatable bonds is 5. The van der Waals surface area contributed by atoms with Crippen LogP contribution in [0.1, 0.15) is 35.7 Å². The second-order valence-electron chi connectivity index (χ2n) is 6.69. The number of halogens is 1. The highest BCUT2D eigenvalue weighted by atomic mass is 19.1. The molecule has 27 heavy (non-hydrogen) atoms. The Morgan fingerprint density at radius 2 is 2.15 bits per heavy atom. The molecule has 1 saturated carbocycles. The lowest BCUT2D eigenvalue weighted by molar-refractivity contribution is 0.602. The van der Waals surface area contributed by atoms with Gasteiger partial charge in [-0.2, -0.15) is 10.1 Å². The summed E-state index contributed by atoms with van der Waals surface area (Å²) >= 11 is 0. The van der Waals surface area contributed by atoms with Crippen molar-refractivity contribution >= 4 is 28.6 Å². The van der Waals surface area contributed by atoms with Crippen LogP contribution < -0.4 is 11.1 Å². The van der Waals surface area contributed by atoms with E-state index in [0.717, 1.165) is 35.1 Å². The average molecular weight is 364 g/mol. The molecule has 9 heteroatoms. The number of nitrogens with one attached hydrogen (secondary N) is 3. The van der Waals surface area contributed by atoms with E-state index in [1.54, 1.807) is 6.33 Å². The predicted molar refractivity (Wildman–Crippen MR) is 99.1 cm³/mol. The summed E-state index contributed by atoms with van der Waals surface area (Å²) in [6.07, 6.45) is 4.16. The van der Waals surface area contributed by atoms with Crippen LogP contribution in [0.3, 0.4) is 0 Å². The van der Waals surface area contributed by atoms with Crippen LogP contribution in [0, 0.1) is 5.82 Å². The largest absolute Gasteiger partial charge is 0.368 e. The van der Waals surface area contributed by atoms with Crippen molar-refractivity contribution < 1.29 is 4.39 Å². The maximum Gasteiger partial charge on any atom is 0.222 e. The molecule has 1 fully saturated rings. The van der Waals surface area contributed by atoms with Crippen molar-refractivity contribution in [2.24, 2.45) is 0 Å². The lowest BCUT2D eigenvalue weighted by atomic mass is 10.1. The highest BCUT2D eigenvalue weighted by molar-refractivity contribution is 5.78. The SMILES string of the molecule is Nc1nc(Cc2cccc3nc[nH]c23)c(F)c(Nc2cc(C3CC3)n[nH]2)n1. The predicted octanol–water partition coefficient (Wildman–Crippen LogP) is 3.01. The second kappa shape index (κ2) is 6.04. The Bertz CT molecular complexity index is 1130. The number of nitrogens with zero attached hydrogens (tertiary/aromatic N) is 4. The number of anilines is 3. The summed E-state index contributed by atoms with van der Waals surface area (Å²) in [5, 5.41) is 10.0. The van der Waals surface area contributed by atoms with Gasteiger partial charge >= 0.3 is 0 Å². The molecule has 0 bridgehead atoms. The summed E-state index contributed by atoms with van der Waals surface area (Å²) in [7, 11) is 0. The smallest absolute Gasteiger partial charge is 0.222 e. The van der Waals surface area contributed by atoms with Crippen LogP contribution in [0.2, 0.25) is 0 Å². The minimum atomic E-state index is -0.539. The summed E-state index contributed by atoms with van der Waals surface area (Å²) in [5.74, 6) is 0.578. The van der Waals surface area contributed by atoms with Crippen LogP contribution in [0.25, 0.3) is 11.0 Å². The fraction of sp³-hybridized carbons (Fsp3) is 0.222. The van der Waals surface area contributed by atoms with Gasteiger partial charge in [0.25, 0.3) is 0 Å². The zero-order valence-corrected chi connectivity index (χ0v) is 14.3. The first kappa shape index (κ1) is 15.7. The molecule has 1 aliphatic carbocycles. The maximum atomic E-state index is 15.0. The molecule has 136 valence electrons. The molecule has 5 rings (SSSR count). The van der Waals surface area contributed by atoms with Crippen molar-refractivity contribution in [3.05, 3.63) is 53.4 Å². The van der Waals surface area contributed by atoms with E-state index in [1.807, 2.05) is 24.3 Å². The minimum absolute atomic E-state index is 0.00705. The third-order valence-corrected chi connectivity index (χ3v) is 4.68. The van der Waals surface area contributed by atoms with Crippen LogP contribution in [-0.4, -0.2) is 30.1 Å². The van der Waals surface area contributed by atoms with E-state index < -0.39 is 5.82 Å². The summed E-state index contributed by atoms with van der Waals surface area (Å²) in [5.41, 5.74) is 9.56. The van der Waals surface area contributed by atoms with Crippen molar-refractivity contribution in [3.8, 4) is 0 Å².